The van der Waals surface area contributed by atoms with Gasteiger partial charge in [0.15, 0.2) is 0 Å². The topological polar surface area (TPSA) is 64.6 Å². The first-order valence-corrected chi connectivity index (χ1v) is 10.4. The van der Waals surface area contributed by atoms with E-state index < -0.39 is 0 Å². The van der Waals surface area contributed by atoms with E-state index >= 15 is 0 Å². The number of halogens is 1. The molecule has 2 aliphatic heterocycles. The van der Waals surface area contributed by atoms with Gasteiger partial charge in [0.2, 0.25) is 5.91 Å². The van der Waals surface area contributed by atoms with E-state index in [1.54, 1.807) is 18.2 Å². The van der Waals surface area contributed by atoms with Gasteiger partial charge in [-0.25, -0.2) is 15.2 Å². The van der Waals surface area contributed by atoms with Crippen molar-refractivity contribution in [2.45, 2.75) is 44.2 Å². The second-order valence-corrected chi connectivity index (χ2v) is 8.11. The number of piperidine rings is 1. The minimum absolute atomic E-state index is 0.0909. The van der Waals surface area contributed by atoms with Gasteiger partial charge in [-0.15, -0.1) is 0 Å². The molecule has 0 radical (unpaired) electrons. The molecule has 2 aromatic rings. The molecular formula is C23H28FN3O2. The third-order valence-electron chi connectivity index (χ3n) is 6.12. The van der Waals surface area contributed by atoms with E-state index in [2.05, 4.69) is 10.9 Å². The van der Waals surface area contributed by atoms with E-state index in [-0.39, 0.29) is 29.6 Å². The van der Waals surface area contributed by atoms with Crippen molar-refractivity contribution >= 4 is 5.91 Å². The number of rotatable bonds is 5. The van der Waals surface area contributed by atoms with Gasteiger partial charge in [-0.3, -0.25) is 4.79 Å². The number of hydrogen-bond acceptors (Lipinski definition) is 4. The Bertz CT molecular complexity index is 860. The van der Waals surface area contributed by atoms with Crippen LogP contribution in [-0.4, -0.2) is 35.0 Å². The van der Waals surface area contributed by atoms with Gasteiger partial charge >= 0.3 is 0 Å². The number of phenolic OH excluding ortho intramolecular Hbond substituents is 1. The van der Waals surface area contributed by atoms with Crippen LogP contribution in [0.5, 0.6) is 5.75 Å². The molecule has 2 fully saturated rings. The molecule has 3 atom stereocenters. The largest absolute Gasteiger partial charge is 0.508 e. The third-order valence-corrected chi connectivity index (χ3v) is 6.12. The Kier molecular flexibility index (Phi) is 6.11. The van der Waals surface area contributed by atoms with Gasteiger partial charge in [0.05, 0.1) is 6.04 Å². The highest BCUT2D eigenvalue weighted by molar-refractivity contribution is 5.82. The molecule has 0 saturated carbocycles. The monoisotopic (exact) mass is 397 g/mol. The lowest BCUT2D eigenvalue weighted by molar-refractivity contribution is -0.135. The minimum atomic E-state index is -0.301. The highest BCUT2D eigenvalue weighted by Crippen LogP contribution is 2.30. The second kappa shape index (κ2) is 8.93. The van der Waals surface area contributed by atoms with Crippen molar-refractivity contribution < 1.29 is 14.3 Å². The summed E-state index contributed by atoms with van der Waals surface area (Å²) in [4.78, 5) is 15.0. The van der Waals surface area contributed by atoms with Crippen molar-refractivity contribution in [3.63, 3.8) is 0 Å². The average molecular weight is 397 g/mol. The maximum absolute atomic E-state index is 13.9. The Labute approximate surface area is 170 Å². The molecular weight excluding hydrogens is 369 g/mol. The van der Waals surface area contributed by atoms with E-state index in [0.717, 1.165) is 43.5 Å². The highest BCUT2D eigenvalue weighted by atomic mass is 19.1. The van der Waals surface area contributed by atoms with Gasteiger partial charge in [0.1, 0.15) is 17.6 Å². The Morgan fingerprint density at radius 3 is 2.76 bits per heavy atom. The predicted molar refractivity (Wildman–Crippen MR) is 110 cm³/mol. The molecule has 5 nitrogen and oxygen atoms in total. The molecule has 0 spiro atoms. The molecule has 2 saturated heterocycles. The van der Waals surface area contributed by atoms with Crippen LogP contribution in [0.25, 0.3) is 0 Å². The van der Waals surface area contributed by atoms with Gasteiger partial charge in [0.25, 0.3) is 0 Å². The Hall–Kier alpha value is -2.44. The normalized spacial score (nSPS) is 24.6. The summed E-state index contributed by atoms with van der Waals surface area (Å²) in [6.45, 7) is 1.50. The number of para-hydroxylation sites is 1. The molecule has 4 rings (SSSR count). The number of carbonyl (C=O) groups is 1. The molecule has 2 aliphatic rings. The lowest BCUT2D eigenvalue weighted by Crippen LogP contribution is -2.49. The van der Waals surface area contributed by atoms with Gasteiger partial charge < -0.3 is 10.0 Å². The molecule has 2 heterocycles. The number of aryl methyl sites for hydroxylation is 1. The van der Waals surface area contributed by atoms with Crippen LogP contribution in [0.4, 0.5) is 4.39 Å². The van der Waals surface area contributed by atoms with Crippen LogP contribution in [0.15, 0.2) is 48.5 Å². The van der Waals surface area contributed by atoms with Gasteiger partial charge in [-0.1, -0.05) is 36.4 Å². The van der Waals surface area contributed by atoms with E-state index in [1.165, 1.54) is 6.07 Å². The summed E-state index contributed by atoms with van der Waals surface area (Å²) in [7, 11) is 0. The average Bonchev–Trinajstić information content (AvgIpc) is 3.23. The zero-order chi connectivity index (χ0) is 20.2. The molecule has 0 aliphatic carbocycles. The summed E-state index contributed by atoms with van der Waals surface area (Å²) in [6.07, 6.45) is 4.26. The van der Waals surface area contributed by atoms with Crippen molar-refractivity contribution in [1.82, 2.24) is 15.8 Å². The van der Waals surface area contributed by atoms with Crippen LogP contribution in [0.1, 0.15) is 42.9 Å². The lowest BCUT2D eigenvalue weighted by atomic mass is 9.91. The van der Waals surface area contributed by atoms with Crippen LogP contribution < -0.4 is 10.9 Å². The smallest absolute Gasteiger partial charge is 0.241 e. The van der Waals surface area contributed by atoms with Crippen LogP contribution in [0.3, 0.4) is 0 Å². The first kappa shape index (κ1) is 19.9. The second-order valence-electron chi connectivity index (χ2n) is 8.11. The number of carbonyl (C=O) groups excluding carboxylic acids is 1. The van der Waals surface area contributed by atoms with Crippen LogP contribution in [-0.2, 0) is 11.2 Å². The van der Waals surface area contributed by atoms with E-state index in [0.29, 0.717) is 18.8 Å². The van der Waals surface area contributed by atoms with Gasteiger partial charge in [0, 0.05) is 18.7 Å². The first-order chi connectivity index (χ1) is 14.1. The van der Waals surface area contributed by atoms with E-state index in [9.17, 15) is 14.3 Å². The van der Waals surface area contributed by atoms with Crippen molar-refractivity contribution in [3.05, 3.63) is 65.5 Å². The number of benzene rings is 2. The van der Waals surface area contributed by atoms with Crippen molar-refractivity contribution in [1.29, 1.82) is 0 Å². The number of hydrazine groups is 1. The molecule has 3 N–H and O–H groups in total. The lowest BCUT2D eigenvalue weighted by Gasteiger charge is -2.34. The fourth-order valence-electron chi connectivity index (χ4n) is 4.49. The maximum atomic E-state index is 13.9. The minimum Gasteiger partial charge on any atom is -0.508 e. The number of amides is 1. The van der Waals surface area contributed by atoms with E-state index in [1.807, 2.05) is 29.2 Å². The Balaban J connectivity index is 1.32. The Morgan fingerprint density at radius 2 is 1.93 bits per heavy atom. The molecule has 6 heteroatoms. The van der Waals surface area contributed by atoms with Crippen molar-refractivity contribution in [2.24, 2.45) is 5.92 Å². The molecule has 29 heavy (non-hydrogen) atoms. The number of aromatic hydroxyl groups is 1. The Morgan fingerprint density at radius 1 is 1.14 bits per heavy atom. The SMILES string of the molecule is O=C(C1CC(c2ccccc2O)NN1)N1CCCC(CCc2ccccc2F)C1. The summed E-state index contributed by atoms with van der Waals surface area (Å²) in [5.74, 6) is 0.598. The summed E-state index contributed by atoms with van der Waals surface area (Å²) in [5, 5.41) is 10.1. The molecule has 1 amide bonds. The highest BCUT2D eigenvalue weighted by Gasteiger charge is 2.35. The number of nitrogens with zero attached hydrogens (tertiary/aromatic N) is 1. The molecule has 3 unspecified atom stereocenters. The number of likely N-dealkylation sites (tertiary alicyclic amines) is 1. The van der Waals surface area contributed by atoms with Crippen molar-refractivity contribution in [3.8, 4) is 5.75 Å². The molecule has 154 valence electrons. The first-order valence-electron chi connectivity index (χ1n) is 10.4. The zero-order valence-corrected chi connectivity index (χ0v) is 16.5. The van der Waals surface area contributed by atoms with Gasteiger partial charge in [-0.05, 0) is 55.7 Å². The van der Waals surface area contributed by atoms with Crippen LogP contribution >= 0.6 is 0 Å². The quantitative estimate of drug-likeness (QED) is 0.724. The van der Waals surface area contributed by atoms with Crippen LogP contribution in [0, 0.1) is 11.7 Å². The molecule has 0 aromatic heterocycles. The molecule has 0 bridgehead atoms. The van der Waals surface area contributed by atoms with Crippen LogP contribution in [0.2, 0.25) is 0 Å². The number of hydrogen-bond donors (Lipinski definition) is 3. The van der Waals surface area contributed by atoms with Crippen molar-refractivity contribution in [2.75, 3.05) is 13.1 Å². The van der Waals surface area contributed by atoms with E-state index in [4.69, 9.17) is 0 Å². The zero-order valence-electron chi connectivity index (χ0n) is 16.5. The summed E-state index contributed by atoms with van der Waals surface area (Å²) in [6, 6.07) is 13.8. The molecule has 2 aromatic carbocycles. The standard InChI is InChI=1S/C23H28FN3O2/c24-19-9-3-1-7-17(19)12-11-16-6-5-13-27(15-16)23(29)21-14-20(25-26-21)18-8-2-4-10-22(18)28/h1-4,7-10,16,20-21,25-26,28H,5-6,11-15H2. The predicted octanol–water partition coefficient (Wildman–Crippen LogP) is 3.31. The summed E-state index contributed by atoms with van der Waals surface area (Å²) in [5.41, 5.74) is 7.81. The number of nitrogens with one attached hydrogen (secondary N) is 2. The fraction of sp³-hybridized carbons (Fsp3) is 0.435. The third kappa shape index (κ3) is 4.60. The fourth-order valence-corrected chi connectivity index (χ4v) is 4.49. The maximum Gasteiger partial charge on any atom is 0.241 e. The summed E-state index contributed by atoms with van der Waals surface area (Å²) >= 11 is 0. The van der Waals surface area contributed by atoms with Gasteiger partial charge in [-0.2, -0.15) is 0 Å². The number of phenols is 1. The summed E-state index contributed by atoms with van der Waals surface area (Å²) < 4.78 is 13.9.